The number of hydrogen-bond donors (Lipinski definition) is 1. The Hall–Kier alpha value is -2.61. The summed E-state index contributed by atoms with van der Waals surface area (Å²) in [6.07, 6.45) is 1.34. The molecule has 1 amide bonds. The van der Waals surface area contributed by atoms with Crippen molar-refractivity contribution in [1.82, 2.24) is 0 Å². The van der Waals surface area contributed by atoms with E-state index in [1.807, 2.05) is 0 Å². The quantitative estimate of drug-likeness (QED) is 0.300. The van der Waals surface area contributed by atoms with Crippen molar-refractivity contribution in [1.29, 1.82) is 0 Å². The molecule has 1 aromatic carbocycles. The maximum atomic E-state index is 12.1. The van der Waals surface area contributed by atoms with Crippen molar-refractivity contribution in [3.63, 3.8) is 0 Å². The number of nitrogens with one attached hydrogen (secondary N) is 1. The Labute approximate surface area is 130 Å². The van der Waals surface area contributed by atoms with E-state index in [0.29, 0.717) is 9.76 Å². The molecule has 0 saturated carbocycles. The van der Waals surface area contributed by atoms with Gasteiger partial charge in [-0.05, 0) is 30.8 Å². The van der Waals surface area contributed by atoms with Crippen LogP contribution in [-0.2, 0) is 4.79 Å². The molecule has 1 unspecified atom stereocenters. The van der Waals surface area contributed by atoms with Crippen LogP contribution in [0.25, 0.3) is 0 Å². The summed E-state index contributed by atoms with van der Waals surface area (Å²) in [4.78, 5) is 22.5. The van der Waals surface area contributed by atoms with Gasteiger partial charge in [-0.1, -0.05) is 12.1 Å². The van der Waals surface area contributed by atoms with Gasteiger partial charge in [0.05, 0.1) is 10.2 Å². The molecule has 2 aromatic rings. The van der Waals surface area contributed by atoms with Gasteiger partial charge in [0.25, 0.3) is 10.7 Å². The highest BCUT2D eigenvalue weighted by Gasteiger charge is 2.21. The first kappa shape index (κ1) is 15.8. The molecule has 8 heteroatoms. The smallest absolute Gasteiger partial charge is 0.292 e. The standard InChI is InChI=1S/C14H13N3O4S/c1-10(22-13-8-4-5-9-16(13)19)14(18)15-11-6-2-3-7-12(11)17(20)21/h2-10H,1H3,(H,15,18). The second-order valence-corrected chi connectivity index (χ2v) is 5.75. The van der Waals surface area contributed by atoms with Gasteiger partial charge in [-0.2, -0.15) is 4.73 Å². The molecule has 0 saturated heterocycles. The lowest BCUT2D eigenvalue weighted by atomic mass is 10.2. The lowest BCUT2D eigenvalue weighted by Crippen LogP contribution is -2.30. The second kappa shape index (κ2) is 6.90. The molecule has 1 heterocycles. The minimum absolute atomic E-state index is 0.132. The van der Waals surface area contributed by atoms with E-state index in [9.17, 15) is 20.1 Å². The average molecular weight is 319 g/mol. The molecule has 1 N–H and O–H groups in total. The van der Waals surface area contributed by atoms with Gasteiger partial charge in [0.15, 0.2) is 6.20 Å². The Balaban J connectivity index is 2.09. The molecular weight excluding hydrogens is 306 g/mol. The topological polar surface area (TPSA) is 99.2 Å². The molecule has 7 nitrogen and oxygen atoms in total. The minimum atomic E-state index is -0.581. The Morgan fingerprint density at radius 3 is 2.64 bits per heavy atom. The third kappa shape index (κ3) is 3.73. The van der Waals surface area contributed by atoms with Crippen LogP contribution >= 0.6 is 11.8 Å². The van der Waals surface area contributed by atoms with Crippen molar-refractivity contribution in [2.45, 2.75) is 17.2 Å². The third-order valence-corrected chi connectivity index (χ3v) is 3.94. The Morgan fingerprint density at radius 2 is 1.95 bits per heavy atom. The fraction of sp³-hybridized carbons (Fsp3) is 0.143. The zero-order valence-electron chi connectivity index (χ0n) is 11.6. The van der Waals surface area contributed by atoms with Crippen LogP contribution in [0.1, 0.15) is 6.92 Å². The highest BCUT2D eigenvalue weighted by Crippen LogP contribution is 2.25. The molecular formula is C14H13N3O4S. The van der Waals surface area contributed by atoms with Crippen LogP contribution in [0.3, 0.4) is 0 Å². The molecule has 0 fully saturated rings. The van der Waals surface area contributed by atoms with Crippen molar-refractivity contribution in [3.8, 4) is 0 Å². The SMILES string of the molecule is CC(Sc1cccc[n+]1[O-])C(=O)Nc1ccccc1[N+](=O)[O-]. The van der Waals surface area contributed by atoms with Gasteiger partial charge >= 0.3 is 0 Å². The fourth-order valence-corrected chi connectivity index (χ4v) is 2.56. The predicted octanol–water partition coefficient (Wildman–Crippen LogP) is 2.35. The number of para-hydroxylation sites is 2. The number of amides is 1. The summed E-state index contributed by atoms with van der Waals surface area (Å²) in [7, 11) is 0. The minimum Gasteiger partial charge on any atom is -0.618 e. The average Bonchev–Trinajstić information content (AvgIpc) is 2.49. The number of carbonyl (C=O) groups excluding carboxylic acids is 1. The third-order valence-electron chi connectivity index (χ3n) is 2.81. The molecule has 114 valence electrons. The van der Waals surface area contributed by atoms with E-state index < -0.39 is 16.1 Å². The largest absolute Gasteiger partial charge is 0.618 e. The number of thioether (sulfide) groups is 1. The van der Waals surface area contributed by atoms with E-state index in [0.717, 1.165) is 11.8 Å². The number of pyridine rings is 1. The van der Waals surface area contributed by atoms with Gasteiger partial charge in [-0.25, -0.2) is 0 Å². The van der Waals surface area contributed by atoms with E-state index in [2.05, 4.69) is 5.32 Å². The Morgan fingerprint density at radius 1 is 1.27 bits per heavy atom. The zero-order valence-corrected chi connectivity index (χ0v) is 12.4. The number of benzene rings is 1. The van der Waals surface area contributed by atoms with E-state index in [1.165, 1.54) is 24.4 Å². The summed E-state index contributed by atoms with van der Waals surface area (Å²) >= 11 is 1.08. The maximum Gasteiger partial charge on any atom is 0.292 e. The van der Waals surface area contributed by atoms with Crippen LogP contribution in [0.2, 0.25) is 0 Å². The van der Waals surface area contributed by atoms with Crippen LogP contribution in [0.4, 0.5) is 11.4 Å². The summed E-state index contributed by atoms with van der Waals surface area (Å²) in [5.74, 6) is -0.414. The summed E-state index contributed by atoms with van der Waals surface area (Å²) in [5.41, 5.74) is -0.0420. The fourth-order valence-electron chi connectivity index (χ4n) is 1.71. The lowest BCUT2D eigenvalue weighted by Gasteiger charge is -2.11. The van der Waals surface area contributed by atoms with Gasteiger partial charge in [0.1, 0.15) is 5.69 Å². The Bertz CT molecular complexity index is 708. The van der Waals surface area contributed by atoms with Gasteiger partial charge in [-0.3, -0.25) is 14.9 Å². The van der Waals surface area contributed by atoms with Gasteiger partial charge in [0.2, 0.25) is 5.91 Å². The molecule has 0 aliphatic carbocycles. The lowest BCUT2D eigenvalue weighted by molar-refractivity contribution is -0.645. The Kier molecular flexibility index (Phi) is 4.95. The number of aromatic nitrogens is 1. The van der Waals surface area contributed by atoms with E-state index in [-0.39, 0.29) is 11.4 Å². The number of hydrogen-bond acceptors (Lipinski definition) is 5. The number of anilines is 1. The zero-order chi connectivity index (χ0) is 16.1. The van der Waals surface area contributed by atoms with E-state index >= 15 is 0 Å². The van der Waals surface area contributed by atoms with Crippen LogP contribution in [0.5, 0.6) is 0 Å². The van der Waals surface area contributed by atoms with Crippen LogP contribution in [-0.4, -0.2) is 16.1 Å². The molecule has 1 aromatic heterocycles. The number of carbonyl (C=O) groups is 1. The number of nitro groups is 1. The van der Waals surface area contributed by atoms with E-state index in [4.69, 9.17) is 0 Å². The highest BCUT2D eigenvalue weighted by atomic mass is 32.2. The van der Waals surface area contributed by atoms with Crippen molar-refractivity contribution in [3.05, 3.63) is 64.0 Å². The molecule has 1 atom stereocenters. The second-order valence-electron chi connectivity index (χ2n) is 4.39. The molecule has 0 spiro atoms. The summed E-state index contributed by atoms with van der Waals surface area (Å²) in [6, 6.07) is 10.8. The first-order chi connectivity index (χ1) is 10.5. The molecule has 0 aliphatic heterocycles. The molecule has 0 radical (unpaired) electrons. The van der Waals surface area contributed by atoms with Crippen molar-refractivity contribution >= 4 is 29.0 Å². The molecule has 0 bridgehead atoms. The van der Waals surface area contributed by atoms with Gasteiger partial charge in [0, 0.05) is 18.2 Å². The number of nitro benzene ring substituents is 1. The number of nitrogens with zero attached hydrogens (tertiary/aromatic N) is 2. The molecule has 22 heavy (non-hydrogen) atoms. The first-order valence-corrected chi connectivity index (χ1v) is 7.26. The van der Waals surface area contributed by atoms with Crippen LogP contribution in [0.15, 0.2) is 53.7 Å². The summed E-state index contributed by atoms with van der Waals surface area (Å²) in [5, 5.41) is 24.8. The summed E-state index contributed by atoms with van der Waals surface area (Å²) < 4.78 is 0.666. The summed E-state index contributed by atoms with van der Waals surface area (Å²) in [6.45, 7) is 1.63. The van der Waals surface area contributed by atoms with Crippen molar-refractivity contribution in [2.75, 3.05) is 5.32 Å². The van der Waals surface area contributed by atoms with E-state index in [1.54, 1.807) is 31.2 Å². The molecule has 2 rings (SSSR count). The maximum absolute atomic E-state index is 12.1. The van der Waals surface area contributed by atoms with Crippen LogP contribution in [0, 0.1) is 15.3 Å². The highest BCUT2D eigenvalue weighted by molar-refractivity contribution is 8.00. The normalized spacial score (nSPS) is 11.7. The number of rotatable bonds is 5. The first-order valence-electron chi connectivity index (χ1n) is 6.38. The van der Waals surface area contributed by atoms with Gasteiger partial charge in [-0.15, -0.1) is 0 Å². The predicted molar refractivity (Wildman–Crippen MR) is 82.4 cm³/mol. The van der Waals surface area contributed by atoms with Gasteiger partial charge < -0.3 is 10.5 Å². The van der Waals surface area contributed by atoms with Crippen molar-refractivity contribution < 1.29 is 14.4 Å². The monoisotopic (exact) mass is 319 g/mol. The van der Waals surface area contributed by atoms with Crippen LogP contribution < -0.4 is 10.0 Å². The van der Waals surface area contributed by atoms with Crippen molar-refractivity contribution in [2.24, 2.45) is 0 Å². The molecule has 0 aliphatic rings.